The molecule has 0 saturated heterocycles. The summed E-state index contributed by atoms with van der Waals surface area (Å²) in [5, 5.41) is 27.2. The highest BCUT2D eigenvalue weighted by Gasteiger charge is 2.25. The summed E-state index contributed by atoms with van der Waals surface area (Å²) >= 11 is 0. The Morgan fingerprint density at radius 1 is 1.35 bits per heavy atom. The molecule has 114 valence electrons. The highest BCUT2D eigenvalue weighted by Crippen LogP contribution is 2.28. The Morgan fingerprint density at radius 3 is 2.65 bits per heavy atom. The molecule has 7 heteroatoms. The lowest BCUT2D eigenvalue weighted by molar-refractivity contribution is -0.384. The predicted molar refractivity (Wildman–Crippen MR) is 77.9 cm³/mol. The van der Waals surface area contributed by atoms with E-state index in [1.165, 1.54) is 0 Å². The van der Waals surface area contributed by atoms with Crippen molar-refractivity contribution in [2.75, 3.05) is 18.5 Å². The number of aryl methyl sites for hydroxylation is 2. The van der Waals surface area contributed by atoms with E-state index in [0.29, 0.717) is 24.5 Å². The van der Waals surface area contributed by atoms with Crippen LogP contribution in [0.3, 0.4) is 0 Å². The molecule has 0 amide bonds. The van der Waals surface area contributed by atoms with Gasteiger partial charge in [-0.1, -0.05) is 26.2 Å². The second kappa shape index (κ2) is 8.52. The van der Waals surface area contributed by atoms with Crippen molar-refractivity contribution in [1.82, 2.24) is 9.78 Å². The maximum Gasteiger partial charge on any atom is 0.333 e. The number of hydrogen-bond donors (Lipinski definition) is 2. The smallest absolute Gasteiger partial charge is 0.333 e. The molecule has 1 heterocycles. The molecular weight excluding hydrogens is 260 g/mol. The first-order chi connectivity index (χ1) is 9.61. The van der Waals surface area contributed by atoms with E-state index in [2.05, 4.69) is 10.4 Å². The van der Waals surface area contributed by atoms with Crippen LogP contribution in [-0.4, -0.2) is 33.0 Å². The average molecular weight is 284 g/mol. The molecule has 20 heavy (non-hydrogen) atoms. The van der Waals surface area contributed by atoms with Crippen molar-refractivity contribution in [2.45, 2.75) is 45.4 Å². The zero-order valence-corrected chi connectivity index (χ0v) is 12.3. The number of aromatic nitrogens is 2. The van der Waals surface area contributed by atoms with Gasteiger partial charge in [0.15, 0.2) is 0 Å². The van der Waals surface area contributed by atoms with Crippen LogP contribution in [0.4, 0.5) is 11.5 Å². The number of unbranched alkanes of at least 4 members (excludes halogenated alkanes) is 3. The third kappa shape index (κ3) is 4.48. The summed E-state index contributed by atoms with van der Waals surface area (Å²) in [5.41, 5.74) is 0.646. The fourth-order valence-electron chi connectivity index (χ4n) is 2.16. The largest absolute Gasteiger partial charge is 0.396 e. The van der Waals surface area contributed by atoms with E-state index < -0.39 is 0 Å². The second-order valence-electron chi connectivity index (χ2n) is 4.84. The van der Waals surface area contributed by atoms with Crippen LogP contribution in [0.2, 0.25) is 0 Å². The van der Waals surface area contributed by atoms with Gasteiger partial charge in [-0.3, -0.25) is 10.1 Å². The molecule has 0 fully saturated rings. The van der Waals surface area contributed by atoms with Crippen molar-refractivity contribution in [3.63, 3.8) is 0 Å². The van der Waals surface area contributed by atoms with E-state index in [-0.39, 0.29) is 17.2 Å². The molecule has 0 aliphatic carbocycles. The van der Waals surface area contributed by atoms with Crippen LogP contribution >= 0.6 is 0 Å². The van der Waals surface area contributed by atoms with Crippen molar-refractivity contribution in [2.24, 2.45) is 7.05 Å². The number of anilines is 1. The number of nitrogens with zero attached hydrogens (tertiary/aromatic N) is 3. The first-order valence-corrected chi connectivity index (χ1v) is 7.16. The van der Waals surface area contributed by atoms with Gasteiger partial charge in [-0.25, -0.2) is 4.68 Å². The minimum Gasteiger partial charge on any atom is -0.396 e. The predicted octanol–water partition coefficient (Wildman–Crippen LogP) is 2.25. The molecule has 0 saturated carbocycles. The highest BCUT2D eigenvalue weighted by molar-refractivity contribution is 5.59. The maximum atomic E-state index is 11.2. The fraction of sp³-hybridized carbons (Fsp3) is 0.769. The molecule has 0 radical (unpaired) electrons. The quantitative estimate of drug-likeness (QED) is 0.390. The zero-order chi connectivity index (χ0) is 15.0. The molecule has 1 aromatic rings. The third-order valence-electron chi connectivity index (χ3n) is 3.14. The molecule has 1 aromatic heterocycles. The van der Waals surface area contributed by atoms with Crippen molar-refractivity contribution in [3.8, 4) is 0 Å². The van der Waals surface area contributed by atoms with E-state index >= 15 is 0 Å². The Labute approximate surface area is 119 Å². The van der Waals surface area contributed by atoms with Crippen molar-refractivity contribution in [1.29, 1.82) is 0 Å². The van der Waals surface area contributed by atoms with Crippen LogP contribution in [0.25, 0.3) is 0 Å². The normalized spacial score (nSPS) is 10.8. The van der Waals surface area contributed by atoms with Crippen molar-refractivity contribution < 1.29 is 10.0 Å². The van der Waals surface area contributed by atoms with Crippen LogP contribution in [0.5, 0.6) is 0 Å². The molecule has 2 N–H and O–H groups in total. The lowest BCUT2D eigenvalue weighted by atomic mass is 10.2. The lowest BCUT2D eigenvalue weighted by Gasteiger charge is -2.05. The Kier molecular flexibility index (Phi) is 7.00. The third-order valence-corrected chi connectivity index (χ3v) is 3.14. The Morgan fingerprint density at radius 2 is 2.05 bits per heavy atom. The summed E-state index contributed by atoms with van der Waals surface area (Å²) in [7, 11) is 1.72. The summed E-state index contributed by atoms with van der Waals surface area (Å²) in [6.45, 7) is 2.88. The van der Waals surface area contributed by atoms with Gasteiger partial charge in [0.25, 0.3) is 0 Å². The topological polar surface area (TPSA) is 93.2 Å². The number of nitrogens with one attached hydrogen (secondary N) is 1. The van der Waals surface area contributed by atoms with Crippen LogP contribution in [0, 0.1) is 10.1 Å². The van der Waals surface area contributed by atoms with Gasteiger partial charge < -0.3 is 10.4 Å². The molecular formula is C13H24N4O3. The summed E-state index contributed by atoms with van der Waals surface area (Å²) in [4.78, 5) is 10.8. The van der Waals surface area contributed by atoms with Gasteiger partial charge >= 0.3 is 5.69 Å². The molecule has 0 bridgehead atoms. The maximum absolute atomic E-state index is 11.2. The van der Waals surface area contributed by atoms with E-state index in [4.69, 9.17) is 5.11 Å². The van der Waals surface area contributed by atoms with E-state index in [9.17, 15) is 10.1 Å². The Bertz CT molecular complexity index is 431. The number of aliphatic hydroxyl groups excluding tert-OH is 1. The number of rotatable bonds is 10. The molecule has 0 aliphatic heterocycles. The molecule has 0 unspecified atom stereocenters. The monoisotopic (exact) mass is 284 g/mol. The van der Waals surface area contributed by atoms with E-state index in [0.717, 1.165) is 32.1 Å². The van der Waals surface area contributed by atoms with Gasteiger partial charge in [-0.05, 0) is 19.3 Å². The van der Waals surface area contributed by atoms with Crippen molar-refractivity contribution >= 4 is 11.5 Å². The van der Waals surface area contributed by atoms with Crippen LogP contribution in [-0.2, 0) is 13.5 Å². The van der Waals surface area contributed by atoms with Crippen LogP contribution in [0.15, 0.2) is 0 Å². The molecule has 0 atom stereocenters. The first-order valence-electron chi connectivity index (χ1n) is 7.16. The molecule has 0 spiro atoms. The van der Waals surface area contributed by atoms with Gasteiger partial charge in [0.2, 0.25) is 5.82 Å². The van der Waals surface area contributed by atoms with Gasteiger partial charge in [-0.15, -0.1) is 0 Å². The van der Waals surface area contributed by atoms with Gasteiger partial charge in [0.1, 0.15) is 5.69 Å². The zero-order valence-electron chi connectivity index (χ0n) is 12.3. The van der Waals surface area contributed by atoms with E-state index in [1.807, 2.05) is 6.92 Å². The van der Waals surface area contributed by atoms with Crippen molar-refractivity contribution in [3.05, 3.63) is 15.8 Å². The second-order valence-corrected chi connectivity index (χ2v) is 4.84. The Balaban J connectivity index is 2.62. The number of nitro groups is 1. The van der Waals surface area contributed by atoms with Gasteiger partial charge in [0, 0.05) is 20.2 Å². The minimum atomic E-state index is -0.355. The molecule has 1 rings (SSSR count). The standard InChI is InChI=1S/C13H24N4O3/c1-3-8-11-12(17(19)20)13(16(2)15-11)14-9-6-4-5-7-10-18/h14,18H,3-10H2,1-2H3. The van der Waals surface area contributed by atoms with Crippen LogP contribution in [0.1, 0.15) is 44.7 Å². The van der Waals surface area contributed by atoms with Gasteiger partial charge in [0.05, 0.1) is 4.92 Å². The van der Waals surface area contributed by atoms with Crippen LogP contribution < -0.4 is 5.32 Å². The molecule has 0 aliphatic rings. The minimum absolute atomic E-state index is 0.102. The fourth-order valence-corrected chi connectivity index (χ4v) is 2.16. The molecule has 7 nitrogen and oxygen atoms in total. The summed E-state index contributed by atoms with van der Waals surface area (Å²) < 4.78 is 1.55. The summed E-state index contributed by atoms with van der Waals surface area (Å²) in [6, 6.07) is 0. The molecule has 0 aromatic carbocycles. The summed E-state index contributed by atoms with van der Waals surface area (Å²) in [5.74, 6) is 0.487. The van der Waals surface area contributed by atoms with Gasteiger partial charge in [-0.2, -0.15) is 5.10 Å². The van der Waals surface area contributed by atoms with E-state index in [1.54, 1.807) is 11.7 Å². The Hall–Kier alpha value is -1.63. The highest BCUT2D eigenvalue weighted by atomic mass is 16.6. The number of hydrogen-bond acceptors (Lipinski definition) is 5. The SMILES string of the molecule is CCCc1nn(C)c(NCCCCCCO)c1[N+](=O)[O-]. The number of aliphatic hydroxyl groups is 1. The summed E-state index contributed by atoms with van der Waals surface area (Å²) in [6.07, 6.45) is 5.16. The first kappa shape index (κ1) is 16.4. The average Bonchev–Trinajstić information content (AvgIpc) is 2.70. The lowest BCUT2D eigenvalue weighted by Crippen LogP contribution is -2.08.